The van der Waals surface area contributed by atoms with E-state index in [0.717, 1.165) is 17.0 Å². The largest absolute Gasteiger partial charge is 0.492 e. The summed E-state index contributed by atoms with van der Waals surface area (Å²) in [6.07, 6.45) is 0. The fourth-order valence-corrected chi connectivity index (χ4v) is 4.25. The van der Waals surface area contributed by atoms with E-state index < -0.39 is 71.3 Å². The predicted octanol–water partition coefficient (Wildman–Crippen LogP) is 4.78. The van der Waals surface area contributed by atoms with Crippen molar-refractivity contribution in [3.05, 3.63) is 93.8 Å². The van der Waals surface area contributed by atoms with E-state index in [2.05, 4.69) is 5.32 Å². The summed E-state index contributed by atoms with van der Waals surface area (Å²) in [6.45, 7) is 0.903. The molecule has 206 valence electrons. The first-order valence-electron chi connectivity index (χ1n) is 11.9. The van der Waals surface area contributed by atoms with E-state index in [9.17, 15) is 31.5 Å². The number of ether oxygens (including phenoxy) is 1. The van der Waals surface area contributed by atoms with Crippen LogP contribution in [-0.4, -0.2) is 37.0 Å². The Bertz CT molecular complexity index is 1390. The maximum Gasteiger partial charge on any atom is 0.325 e. The van der Waals surface area contributed by atoms with E-state index in [1.54, 1.807) is 13.0 Å². The fraction of sp³-hybridized carbons (Fsp3) is 0.259. The zero-order valence-electron chi connectivity index (χ0n) is 21.0. The number of rotatable bonds is 8. The second-order valence-electron chi connectivity index (χ2n) is 8.96. The van der Waals surface area contributed by atoms with Gasteiger partial charge in [-0.3, -0.25) is 9.69 Å². The molecule has 1 heterocycles. The molecule has 4 rings (SSSR count). The van der Waals surface area contributed by atoms with Gasteiger partial charge >= 0.3 is 6.03 Å². The van der Waals surface area contributed by atoms with Crippen LogP contribution in [0.5, 0.6) is 5.75 Å². The van der Waals surface area contributed by atoms with E-state index >= 15 is 0 Å². The Morgan fingerprint density at radius 3 is 2.21 bits per heavy atom. The summed E-state index contributed by atoms with van der Waals surface area (Å²) >= 11 is 0. The number of nitrogens with zero attached hydrogens (tertiary/aromatic N) is 2. The number of hydrogen-bond donors (Lipinski definition) is 2. The summed E-state index contributed by atoms with van der Waals surface area (Å²) in [4.78, 5) is 28.5. The topological polar surface area (TPSA) is 87.9 Å². The van der Waals surface area contributed by atoms with Crippen molar-refractivity contribution in [1.29, 1.82) is 0 Å². The Balaban J connectivity index is 1.63. The van der Waals surface area contributed by atoms with Gasteiger partial charge in [0, 0.05) is 61.1 Å². The Labute approximate surface area is 220 Å². The molecule has 0 bridgehead atoms. The Morgan fingerprint density at radius 2 is 1.59 bits per heavy atom. The third-order valence-electron chi connectivity index (χ3n) is 6.50. The van der Waals surface area contributed by atoms with Crippen LogP contribution < -0.4 is 20.7 Å². The summed E-state index contributed by atoms with van der Waals surface area (Å²) in [5, 5.41) is 2.36. The first kappa shape index (κ1) is 27.8. The molecule has 1 aliphatic heterocycles. The van der Waals surface area contributed by atoms with Gasteiger partial charge in [0.25, 0.3) is 5.91 Å². The molecule has 7 nitrogen and oxygen atoms in total. The van der Waals surface area contributed by atoms with Gasteiger partial charge in [0.05, 0.1) is 18.3 Å². The smallest absolute Gasteiger partial charge is 0.325 e. The predicted molar refractivity (Wildman–Crippen MR) is 133 cm³/mol. The van der Waals surface area contributed by atoms with Crippen LogP contribution in [0.3, 0.4) is 0 Å². The van der Waals surface area contributed by atoms with E-state index in [1.807, 2.05) is 0 Å². The van der Waals surface area contributed by atoms with Gasteiger partial charge in [0.2, 0.25) is 0 Å². The van der Waals surface area contributed by atoms with E-state index in [4.69, 9.17) is 10.5 Å². The molecule has 0 aromatic heterocycles. The lowest BCUT2D eigenvalue weighted by molar-refractivity contribution is 0.0950. The lowest BCUT2D eigenvalue weighted by Gasteiger charge is -2.39. The summed E-state index contributed by atoms with van der Waals surface area (Å²) in [5.74, 6) is -6.07. The number of carbonyl (C=O) groups is 2. The second-order valence-corrected chi connectivity index (χ2v) is 8.96. The molecule has 3 N–H and O–H groups in total. The summed E-state index contributed by atoms with van der Waals surface area (Å²) in [6, 6.07) is 6.39. The quantitative estimate of drug-likeness (QED) is 0.397. The monoisotopic (exact) mass is 548 g/mol. The van der Waals surface area contributed by atoms with Crippen molar-refractivity contribution in [2.75, 3.05) is 25.1 Å². The Morgan fingerprint density at radius 1 is 0.974 bits per heavy atom. The minimum Gasteiger partial charge on any atom is -0.492 e. The third-order valence-corrected chi connectivity index (χ3v) is 6.50. The van der Waals surface area contributed by atoms with Crippen molar-refractivity contribution in [3.63, 3.8) is 0 Å². The highest BCUT2D eigenvalue weighted by molar-refractivity contribution is 5.99. The van der Waals surface area contributed by atoms with E-state index in [1.165, 1.54) is 24.1 Å². The maximum atomic E-state index is 14.9. The van der Waals surface area contributed by atoms with Crippen molar-refractivity contribution < 1.29 is 36.3 Å². The summed E-state index contributed by atoms with van der Waals surface area (Å²) < 4.78 is 76.0. The summed E-state index contributed by atoms with van der Waals surface area (Å²) in [7, 11) is 1.53. The van der Waals surface area contributed by atoms with Crippen LogP contribution in [0.4, 0.5) is 32.4 Å². The minimum absolute atomic E-state index is 0.0257. The van der Waals surface area contributed by atoms with Gasteiger partial charge in [0.15, 0.2) is 0 Å². The van der Waals surface area contributed by atoms with Gasteiger partial charge in [-0.05, 0) is 24.6 Å². The lowest BCUT2D eigenvalue weighted by Crippen LogP contribution is -2.47. The molecule has 0 spiro atoms. The molecular weight excluding hydrogens is 523 g/mol. The van der Waals surface area contributed by atoms with Gasteiger partial charge in [-0.1, -0.05) is 6.07 Å². The number of amides is 3. The lowest BCUT2D eigenvalue weighted by atomic mass is 9.98. The number of fused-ring (bicyclic) bond motifs is 1. The average molecular weight is 549 g/mol. The second kappa shape index (κ2) is 11.3. The van der Waals surface area contributed by atoms with Crippen LogP contribution in [0, 0.1) is 29.1 Å². The number of anilines is 1. The highest BCUT2D eigenvalue weighted by atomic mass is 19.2. The van der Waals surface area contributed by atoms with E-state index in [-0.39, 0.29) is 30.2 Å². The molecule has 3 aromatic carbocycles. The average Bonchev–Trinajstić information content (AvgIpc) is 2.88. The molecule has 1 aliphatic rings. The Hall–Kier alpha value is -4.19. The van der Waals surface area contributed by atoms with Crippen molar-refractivity contribution in [2.45, 2.75) is 26.1 Å². The molecule has 3 amide bonds. The molecule has 0 aliphatic carbocycles. The highest BCUT2D eigenvalue weighted by Crippen LogP contribution is 2.38. The molecule has 0 radical (unpaired) electrons. The first-order chi connectivity index (χ1) is 18.5. The molecule has 1 atom stereocenters. The van der Waals surface area contributed by atoms with Crippen molar-refractivity contribution in [1.82, 2.24) is 10.2 Å². The number of nitrogens with one attached hydrogen (secondary N) is 1. The van der Waals surface area contributed by atoms with Crippen LogP contribution in [0.1, 0.15) is 40.0 Å². The number of nitrogens with two attached hydrogens (primary N) is 1. The third kappa shape index (κ3) is 5.65. The van der Waals surface area contributed by atoms with Crippen molar-refractivity contribution in [2.24, 2.45) is 5.73 Å². The van der Waals surface area contributed by atoms with Crippen molar-refractivity contribution in [3.8, 4) is 5.75 Å². The molecule has 0 fully saturated rings. The van der Waals surface area contributed by atoms with Crippen molar-refractivity contribution >= 4 is 17.6 Å². The van der Waals surface area contributed by atoms with Gasteiger partial charge in [0.1, 0.15) is 41.4 Å². The van der Waals surface area contributed by atoms with Gasteiger partial charge < -0.3 is 20.7 Å². The zero-order valence-corrected chi connectivity index (χ0v) is 21.0. The van der Waals surface area contributed by atoms with Crippen LogP contribution in [0.15, 0.2) is 42.5 Å². The maximum absolute atomic E-state index is 14.9. The standard InChI is InChI=1S/C27H25F5N4O3/c1-14-18-4-3-15(26(37)34-12-19-21(29)8-16(28)9-22(19)30)7-25(18)36(27(38)35(14)2)13-20-23(31)10-17(11-24(20)32)39-6-5-33/h3-4,7-11,14H,5-6,12-13,33H2,1-2H3,(H,34,37). The van der Waals surface area contributed by atoms with Gasteiger partial charge in [-0.2, -0.15) is 0 Å². The zero-order chi connectivity index (χ0) is 28.4. The highest BCUT2D eigenvalue weighted by Gasteiger charge is 2.35. The van der Waals surface area contributed by atoms with Crippen LogP contribution in [0.25, 0.3) is 0 Å². The number of hydrogen-bond acceptors (Lipinski definition) is 4. The molecule has 12 heteroatoms. The molecule has 3 aromatic rings. The molecular formula is C27H25F5N4O3. The summed E-state index contributed by atoms with van der Waals surface area (Å²) in [5.41, 5.74) is 5.30. The number of benzene rings is 3. The fourth-order valence-electron chi connectivity index (χ4n) is 4.25. The van der Waals surface area contributed by atoms with Gasteiger partial charge in [-0.25, -0.2) is 26.7 Å². The normalized spacial score (nSPS) is 14.9. The van der Waals surface area contributed by atoms with Crippen LogP contribution >= 0.6 is 0 Å². The van der Waals surface area contributed by atoms with Crippen LogP contribution in [0.2, 0.25) is 0 Å². The molecule has 1 unspecified atom stereocenters. The number of urea groups is 1. The minimum atomic E-state index is -1.16. The van der Waals surface area contributed by atoms with Gasteiger partial charge in [-0.15, -0.1) is 0 Å². The molecule has 39 heavy (non-hydrogen) atoms. The number of carbonyl (C=O) groups excluding carboxylic acids is 2. The molecule has 0 saturated carbocycles. The first-order valence-corrected chi connectivity index (χ1v) is 11.9. The van der Waals surface area contributed by atoms with E-state index in [0.29, 0.717) is 17.7 Å². The number of halogens is 5. The Kier molecular flexibility index (Phi) is 8.05. The SMILES string of the molecule is CC1c2ccc(C(=O)NCc3c(F)cc(F)cc3F)cc2N(Cc2c(F)cc(OCCN)cc2F)C(=O)N1C. The van der Waals surface area contributed by atoms with Crippen LogP contribution in [-0.2, 0) is 13.1 Å². The molecule has 0 saturated heterocycles.